The number of amides is 4. The number of urea groups is 2. The van der Waals surface area contributed by atoms with Gasteiger partial charge in [-0.3, -0.25) is 0 Å². The van der Waals surface area contributed by atoms with E-state index in [2.05, 4.69) is 72.7 Å². The molecule has 2 aromatic rings. The summed E-state index contributed by atoms with van der Waals surface area (Å²) in [6, 6.07) is 20.8. The van der Waals surface area contributed by atoms with Crippen LogP contribution >= 0.6 is 0 Å². The van der Waals surface area contributed by atoms with Crippen LogP contribution in [-0.2, 0) is 0 Å². The van der Waals surface area contributed by atoms with E-state index in [9.17, 15) is 9.59 Å². The molecule has 218 valence electrons. The molecule has 1 aliphatic rings. The summed E-state index contributed by atoms with van der Waals surface area (Å²) in [6.07, 6.45) is 6.63. The van der Waals surface area contributed by atoms with Crippen LogP contribution in [0.2, 0.25) is 0 Å². The lowest BCUT2D eigenvalue weighted by atomic mass is 9.88. The summed E-state index contributed by atoms with van der Waals surface area (Å²) in [5.41, 5.74) is 9.81. The van der Waals surface area contributed by atoms with E-state index >= 15 is 0 Å². The van der Waals surface area contributed by atoms with Crippen LogP contribution in [0.4, 0.5) is 9.59 Å². The van der Waals surface area contributed by atoms with Crippen molar-refractivity contribution in [1.29, 1.82) is 0 Å². The second kappa shape index (κ2) is 16.7. The summed E-state index contributed by atoms with van der Waals surface area (Å²) >= 11 is 0. The highest BCUT2D eigenvalue weighted by Crippen LogP contribution is 2.29. The van der Waals surface area contributed by atoms with Crippen molar-refractivity contribution in [3.8, 4) is 0 Å². The minimum absolute atomic E-state index is 0.000356. The highest BCUT2D eigenvalue weighted by Gasteiger charge is 2.33. The number of rotatable bonds is 14. The molecule has 2 aromatic carbocycles. The third-order valence-electron chi connectivity index (χ3n) is 7.70. The van der Waals surface area contributed by atoms with Gasteiger partial charge in [0.25, 0.3) is 0 Å². The lowest BCUT2D eigenvalue weighted by Crippen LogP contribution is -2.56. The van der Waals surface area contributed by atoms with Gasteiger partial charge in [-0.15, -0.1) is 0 Å². The first-order valence-corrected chi connectivity index (χ1v) is 15.0. The maximum absolute atomic E-state index is 14.2. The molecule has 0 aromatic heterocycles. The molecular weight excluding hydrogens is 498 g/mol. The van der Waals surface area contributed by atoms with Crippen molar-refractivity contribution in [2.24, 2.45) is 5.73 Å². The van der Waals surface area contributed by atoms with Gasteiger partial charge in [0.2, 0.25) is 0 Å². The number of nitrogens with zero attached hydrogens (tertiary/aromatic N) is 2. The van der Waals surface area contributed by atoms with E-state index in [-0.39, 0.29) is 30.1 Å². The predicted molar refractivity (Wildman–Crippen MR) is 164 cm³/mol. The van der Waals surface area contributed by atoms with E-state index < -0.39 is 0 Å². The van der Waals surface area contributed by atoms with Gasteiger partial charge in [0.15, 0.2) is 0 Å². The molecule has 1 aliphatic carbocycles. The van der Waals surface area contributed by atoms with Gasteiger partial charge in [0.1, 0.15) is 0 Å². The van der Waals surface area contributed by atoms with Crippen molar-refractivity contribution in [2.75, 3.05) is 32.7 Å². The fraction of sp³-hybridized carbons (Fsp3) is 0.515. The van der Waals surface area contributed by atoms with E-state index in [0.717, 1.165) is 50.5 Å². The minimum atomic E-state index is -0.213. The van der Waals surface area contributed by atoms with Crippen LogP contribution in [0.5, 0.6) is 0 Å². The molecule has 0 spiro atoms. The largest absolute Gasteiger partial charge is 0.338 e. The Morgan fingerprint density at radius 3 is 2.12 bits per heavy atom. The van der Waals surface area contributed by atoms with E-state index in [1.807, 2.05) is 28.9 Å². The Balaban J connectivity index is 1.81. The van der Waals surface area contributed by atoms with Crippen LogP contribution in [0.1, 0.15) is 75.8 Å². The molecule has 0 unspecified atom stereocenters. The maximum Gasteiger partial charge on any atom is 0.320 e. The molecule has 7 heteroatoms. The molecule has 7 nitrogen and oxygen atoms in total. The van der Waals surface area contributed by atoms with E-state index in [1.165, 1.54) is 11.1 Å². The fourth-order valence-electron chi connectivity index (χ4n) is 5.61. The highest BCUT2D eigenvalue weighted by atomic mass is 16.2. The molecule has 0 heterocycles. The second-order valence-corrected chi connectivity index (χ2v) is 10.9. The summed E-state index contributed by atoms with van der Waals surface area (Å²) in [4.78, 5) is 30.3. The van der Waals surface area contributed by atoms with E-state index in [0.29, 0.717) is 32.7 Å². The number of nitrogens with one attached hydrogen (secondary N) is 2. The molecule has 0 radical (unpaired) electrons. The second-order valence-electron chi connectivity index (χ2n) is 10.9. The normalized spacial score (nSPS) is 16.8. The van der Waals surface area contributed by atoms with Gasteiger partial charge in [-0.05, 0) is 48.8 Å². The molecule has 0 aliphatic heterocycles. The molecule has 1 fully saturated rings. The Morgan fingerprint density at radius 1 is 0.925 bits per heavy atom. The summed E-state index contributed by atoms with van der Waals surface area (Å²) in [5.74, 6) is 0.153. The first-order valence-electron chi connectivity index (χ1n) is 15.0. The highest BCUT2D eigenvalue weighted by molar-refractivity contribution is 5.76. The first kappa shape index (κ1) is 31.2. The zero-order chi connectivity index (χ0) is 28.7. The zero-order valence-electron chi connectivity index (χ0n) is 24.5. The molecule has 40 heavy (non-hydrogen) atoms. The van der Waals surface area contributed by atoms with Crippen molar-refractivity contribution in [2.45, 2.75) is 76.8 Å². The van der Waals surface area contributed by atoms with Crippen molar-refractivity contribution < 1.29 is 9.59 Å². The monoisotopic (exact) mass is 547 g/mol. The topological polar surface area (TPSA) is 90.7 Å². The van der Waals surface area contributed by atoms with Gasteiger partial charge in [-0.2, -0.15) is 0 Å². The minimum Gasteiger partial charge on any atom is -0.338 e. The number of carbonyl (C=O) groups excluding carboxylic acids is 2. The quantitative estimate of drug-likeness (QED) is 0.258. The Kier molecular flexibility index (Phi) is 13.0. The lowest BCUT2D eigenvalue weighted by Gasteiger charge is -2.41. The SMILES string of the molecule is C=C(CNC(=O)NCCC)CN(CCC(c1ccccc1)c1ccccc1)C(=O)N(CCC)[C@@H]1CCCC[C@H]1N. The van der Waals surface area contributed by atoms with Gasteiger partial charge in [-0.25, -0.2) is 9.59 Å². The van der Waals surface area contributed by atoms with Crippen LogP contribution < -0.4 is 16.4 Å². The molecule has 3 rings (SSSR count). The molecule has 4 amide bonds. The Morgan fingerprint density at radius 2 is 1.55 bits per heavy atom. The zero-order valence-corrected chi connectivity index (χ0v) is 24.5. The number of nitrogens with two attached hydrogens (primary N) is 1. The number of hydrogen-bond acceptors (Lipinski definition) is 3. The van der Waals surface area contributed by atoms with Crippen LogP contribution in [-0.4, -0.2) is 66.7 Å². The summed E-state index contributed by atoms with van der Waals surface area (Å²) in [7, 11) is 0. The fourth-order valence-corrected chi connectivity index (χ4v) is 5.61. The molecule has 0 bridgehead atoms. The van der Waals surface area contributed by atoms with Crippen LogP contribution in [0.15, 0.2) is 72.8 Å². The third kappa shape index (κ3) is 9.40. The Labute approximate surface area is 241 Å². The van der Waals surface area contributed by atoms with Crippen molar-refractivity contribution in [3.05, 3.63) is 83.9 Å². The average Bonchev–Trinajstić information content (AvgIpc) is 2.98. The Bertz CT molecular complexity index is 1010. The average molecular weight is 548 g/mol. The van der Waals surface area contributed by atoms with Crippen molar-refractivity contribution >= 4 is 12.1 Å². The summed E-state index contributed by atoms with van der Waals surface area (Å²) in [6.45, 7) is 10.9. The number of carbonyl (C=O) groups is 2. The van der Waals surface area contributed by atoms with Gasteiger partial charge in [-0.1, -0.05) is 93.9 Å². The first-order chi connectivity index (χ1) is 19.4. The van der Waals surface area contributed by atoms with E-state index in [1.54, 1.807) is 0 Å². The standard InChI is InChI=1S/C33H49N5O2/c1-4-21-35-32(39)36-24-26(3)25-37(33(40)38(22-5-2)31-19-13-12-18-30(31)34)23-20-29(27-14-8-6-9-15-27)28-16-10-7-11-17-28/h6-11,14-17,29-31H,3-5,12-13,18-25,34H2,1-2H3,(H2,35,36,39)/t30-,31-/m1/s1. The summed E-state index contributed by atoms with van der Waals surface area (Å²) < 4.78 is 0. The summed E-state index contributed by atoms with van der Waals surface area (Å²) in [5, 5.41) is 5.71. The molecule has 1 saturated carbocycles. The van der Waals surface area contributed by atoms with Crippen molar-refractivity contribution in [1.82, 2.24) is 20.4 Å². The van der Waals surface area contributed by atoms with Crippen LogP contribution in [0, 0.1) is 0 Å². The Hall–Kier alpha value is -3.32. The van der Waals surface area contributed by atoms with Gasteiger partial charge in [0, 0.05) is 50.7 Å². The van der Waals surface area contributed by atoms with Gasteiger partial charge >= 0.3 is 12.1 Å². The molecule has 0 saturated heterocycles. The molecule has 4 N–H and O–H groups in total. The van der Waals surface area contributed by atoms with Crippen LogP contribution in [0.25, 0.3) is 0 Å². The van der Waals surface area contributed by atoms with Gasteiger partial charge in [0.05, 0.1) is 0 Å². The van der Waals surface area contributed by atoms with E-state index in [4.69, 9.17) is 5.73 Å². The molecule has 2 atom stereocenters. The van der Waals surface area contributed by atoms with Crippen LogP contribution in [0.3, 0.4) is 0 Å². The number of benzene rings is 2. The third-order valence-corrected chi connectivity index (χ3v) is 7.70. The van der Waals surface area contributed by atoms with Gasteiger partial charge < -0.3 is 26.2 Å². The van der Waals surface area contributed by atoms with Crippen molar-refractivity contribution in [3.63, 3.8) is 0 Å². The predicted octanol–water partition coefficient (Wildman–Crippen LogP) is 5.88. The molecular formula is C33H49N5O2. The smallest absolute Gasteiger partial charge is 0.320 e. The maximum atomic E-state index is 14.2. The lowest BCUT2D eigenvalue weighted by molar-refractivity contribution is 0.113. The number of hydrogen-bond donors (Lipinski definition) is 3.